The maximum Gasteiger partial charge on any atom is 0.223 e. The van der Waals surface area contributed by atoms with Crippen LogP contribution in [0.1, 0.15) is 64.7 Å². The average Bonchev–Trinajstić information content (AvgIpc) is 3.21. The molecule has 150 valence electrons. The first kappa shape index (κ1) is 19.8. The fraction of sp³-hybridized carbons (Fsp3) is 0.800. The van der Waals surface area contributed by atoms with Crippen LogP contribution in [0.15, 0.2) is 0 Å². The highest BCUT2D eigenvalue weighted by Crippen LogP contribution is 2.33. The first-order valence-corrected chi connectivity index (χ1v) is 10.3. The maximum absolute atomic E-state index is 12.8. The number of fused-ring (bicyclic) bond motifs is 1. The number of Topliss-reactive ketones (excluding diaryl/α,β-unsaturated/α-hetero) is 1. The van der Waals surface area contributed by atoms with Crippen molar-refractivity contribution in [2.75, 3.05) is 13.1 Å². The van der Waals surface area contributed by atoms with E-state index in [0.29, 0.717) is 31.7 Å². The summed E-state index contributed by atoms with van der Waals surface area (Å²) >= 11 is 0. The molecule has 0 spiro atoms. The van der Waals surface area contributed by atoms with Crippen LogP contribution >= 0.6 is 0 Å². The molecule has 1 saturated carbocycles. The van der Waals surface area contributed by atoms with E-state index in [1.165, 1.54) is 19.3 Å². The van der Waals surface area contributed by atoms with Crippen LogP contribution in [0.3, 0.4) is 0 Å². The number of primary amides is 1. The topological polar surface area (TPSA) is 101 Å². The van der Waals surface area contributed by atoms with Gasteiger partial charge in [0.1, 0.15) is 6.04 Å². The van der Waals surface area contributed by atoms with E-state index in [9.17, 15) is 19.2 Å². The fourth-order valence-corrected chi connectivity index (χ4v) is 4.80. The van der Waals surface area contributed by atoms with Crippen LogP contribution in [-0.2, 0) is 19.2 Å². The monoisotopic (exact) mass is 377 g/mol. The summed E-state index contributed by atoms with van der Waals surface area (Å²) in [6.07, 6.45) is 7.61. The van der Waals surface area contributed by atoms with Gasteiger partial charge in [-0.25, -0.2) is 0 Å². The molecule has 0 aromatic rings. The Labute approximate surface area is 160 Å². The number of hydrogen-bond donors (Lipinski definition) is 1. The van der Waals surface area contributed by atoms with Gasteiger partial charge in [0, 0.05) is 25.3 Å². The summed E-state index contributed by atoms with van der Waals surface area (Å²) in [5.41, 5.74) is 5.25. The zero-order valence-electron chi connectivity index (χ0n) is 16.2. The first-order chi connectivity index (χ1) is 12.9. The van der Waals surface area contributed by atoms with Crippen LogP contribution in [0, 0.1) is 11.8 Å². The van der Waals surface area contributed by atoms with E-state index < -0.39 is 11.9 Å². The number of likely N-dealkylation sites (tertiary alicyclic amines) is 2. The highest BCUT2D eigenvalue weighted by molar-refractivity contribution is 5.97. The van der Waals surface area contributed by atoms with Crippen molar-refractivity contribution in [1.82, 2.24) is 9.80 Å². The van der Waals surface area contributed by atoms with E-state index in [4.69, 9.17) is 5.73 Å². The Hall–Kier alpha value is -1.92. The van der Waals surface area contributed by atoms with Gasteiger partial charge >= 0.3 is 0 Å². The lowest BCUT2D eigenvalue weighted by atomic mass is 9.86. The van der Waals surface area contributed by atoms with Gasteiger partial charge in [0.2, 0.25) is 17.7 Å². The molecular formula is C20H31N3O4. The minimum absolute atomic E-state index is 0.0363. The molecule has 2 aliphatic heterocycles. The van der Waals surface area contributed by atoms with Gasteiger partial charge in [-0.2, -0.15) is 0 Å². The van der Waals surface area contributed by atoms with Gasteiger partial charge in [0.15, 0.2) is 5.78 Å². The number of ketones is 1. The molecule has 0 radical (unpaired) electrons. The molecule has 3 rings (SSSR count). The lowest BCUT2D eigenvalue weighted by molar-refractivity contribution is -0.136. The first-order valence-electron chi connectivity index (χ1n) is 10.3. The van der Waals surface area contributed by atoms with E-state index in [1.54, 1.807) is 16.7 Å². The number of carbonyl (C=O) groups excluding carboxylic acids is 4. The summed E-state index contributed by atoms with van der Waals surface area (Å²) in [7, 11) is 0. The van der Waals surface area contributed by atoms with Crippen LogP contribution in [0.5, 0.6) is 0 Å². The average molecular weight is 377 g/mol. The van der Waals surface area contributed by atoms with E-state index in [0.717, 1.165) is 12.8 Å². The van der Waals surface area contributed by atoms with Crippen molar-refractivity contribution < 1.29 is 19.2 Å². The Bertz CT molecular complexity index is 614. The Balaban J connectivity index is 1.57. The van der Waals surface area contributed by atoms with Crippen LogP contribution in [-0.4, -0.2) is 58.5 Å². The Morgan fingerprint density at radius 3 is 2.44 bits per heavy atom. The summed E-state index contributed by atoms with van der Waals surface area (Å²) in [6, 6.07) is -0.678. The third kappa shape index (κ3) is 4.33. The van der Waals surface area contributed by atoms with Crippen LogP contribution in [0.25, 0.3) is 0 Å². The second-order valence-corrected chi connectivity index (χ2v) is 8.43. The number of rotatable bonds is 6. The third-order valence-electron chi connectivity index (χ3n) is 6.53. The molecule has 2 heterocycles. The van der Waals surface area contributed by atoms with Gasteiger partial charge in [-0.1, -0.05) is 26.2 Å². The molecule has 3 unspecified atom stereocenters. The van der Waals surface area contributed by atoms with Crippen molar-refractivity contribution >= 4 is 23.5 Å². The van der Waals surface area contributed by atoms with Gasteiger partial charge in [-0.15, -0.1) is 0 Å². The number of nitrogens with two attached hydrogens (primary N) is 1. The number of amides is 3. The molecule has 27 heavy (non-hydrogen) atoms. The van der Waals surface area contributed by atoms with Gasteiger partial charge in [0.05, 0.1) is 12.6 Å². The maximum atomic E-state index is 12.8. The van der Waals surface area contributed by atoms with Crippen molar-refractivity contribution in [2.24, 2.45) is 17.6 Å². The Morgan fingerprint density at radius 2 is 1.78 bits per heavy atom. The van der Waals surface area contributed by atoms with Crippen molar-refractivity contribution in [3.8, 4) is 0 Å². The van der Waals surface area contributed by atoms with E-state index in [-0.39, 0.29) is 42.5 Å². The Kier molecular flexibility index (Phi) is 6.17. The summed E-state index contributed by atoms with van der Waals surface area (Å²) in [5.74, 6) is -0.427. The minimum Gasteiger partial charge on any atom is -0.369 e. The molecule has 3 atom stereocenters. The van der Waals surface area contributed by atoms with E-state index in [2.05, 4.69) is 0 Å². The van der Waals surface area contributed by atoms with E-state index in [1.807, 2.05) is 0 Å². The molecule has 7 heteroatoms. The lowest BCUT2D eigenvalue weighted by Crippen LogP contribution is -2.43. The molecule has 3 fully saturated rings. The molecule has 0 aromatic heterocycles. The zero-order valence-corrected chi connectivity index (χ0v) is 16.2. The smallest absolute Gasteiger partial charge is 0.223 e. The minimum atomic E-state index is -0.503. The van der Waals surface area contributed by atoms with Crippen molar-refractivity contribution in [1.29, 1.82) is 0 Å². The molecule has 0 bridgehead atoms. The highest BCUT2D eigenvalue weighted by Gasteiger charge is 2.51. The second kappa shape index (κ2) is 8.40. The zero-order chi connectivity index (χ0) is 19.6. The summed E-state index contributed by atoms with van der Waals surface area (Å²) in [5, 5.41) is 0. The van der Waals surface area contributed by atoms with Gasteiger partial charge in [-0.05, 0) is 31.6 Å². The molecule has 1 aliphatic carbocycles. The quantitative estimate of drug-likeness (QED) is 0.752. The Morgan fingerprint density at radius 1 is 1.07 bits per heavy atom. The van der Waals surface area contributed by atoms with Crippen molar-refractivity contribution in [2.45, 2.75) is 76.8 Å². The molecule has 3 amide bonds. The largest absolute Gasteiger partial charge is 0.369 e. The number of nitrogens with zero attached hydrogens (tertiary/aromatic N) is 2. The number of hydrogen-bond acceptors (Lipinski definition) is 4. The van der Waals surface area contributed by atoms with Crippen LogP contribution in [0.2, 0.25) is 0 Å². The molecular weight excluding hydrogens is 346 g/mol. The second-order valence-electron chi connectivity index (χ2n) is 8.43. The highest BCUT2D eigenvalue weighted by atomic mass is 16.2. The van der Waals surface area contributed by atoms with Gasteiger partial charge < -0.3 is 15.5 Å². The third-order valence-corrected chi connectivity index (χ3v) is 6.53. The summed E-state index contributed by atoms with van der Waals surface area (Å²) in [6.45, 7) is 2.33. The molecule has 7 nitrogen and oxygen atoms in total. The lowest BCUT2D eigenvalue weighted by Gasteiger charge is -2.27. The standard InChI is InChI=1S/C20H31N3O4/c1-13(20(21)27)7-8-17(25)22-10-9-15-19(22)16(24)12-23(15)18(26)11-14-5-3-2-4-6-14/h13-15,19H,2-12H2,1H3,(H2,21,27). The molecule has 0 aromatic carbocycles. The summed E-state index contributed by atoms with van der Waals surface area (Å²) in [4.78, 5) is 52.4. The number of carbonyl (C=O) groups is 4. The predicted octanol–water partition coefficient (Wildman–Crippen LogP) is 1.24. The molecule has 3 aliphatic rings. The van der Waals surface area contributed by atoms with Crippen molar-refractivity contribution in [3.63, 3.8) is 0 Å². The van der Waals surface area contributed by atoms with Gasteiger partial charge in [-0.3, -0.25) is 19.2 Å². The molecule has 2 N–H and O–H groups in total. The normalized spacial score (nSPS) is 26.9. The SMILES string of the molecule is CC(CCC(=O)N1CCC2C1C(=O)CN2C(=O)CC1CCCCC1)C(N)=O. The van der Waals surface area contributed by atoms with Gasteiger partial charge in [0.25, 0.3) is 0 Å². The van der Waals surface area contributed by atoms with E-state index >= 15 is 0 Å². The van der Waals surface area contributed by atoms with Crippen LogP contribution < -0.4 is 5.73 Å². The molecule has 2 saturated heterocycles. The fourth-order valence-electron chi connectivity index (χ4n) is 4.80. The van der Waals surface area contributed by atoms with Crippen LogP contribution in [0.4, 0.5) is 0 Å². The predicted molar refractivity (Wildman–Crippen MR) is 99.4 cm³/mol. The summed E-state index contributed by atoms with van der Waals surface area (Å²) < 4.78 is 0. The van der Waals surface area contributed by atoms with Crippen molar-refractivity contribution in [3.05, 3.63) is 0 Å².